The molecule has 1 aliphatic rings. The maximum Gasteiger partial charge on any atom is 0.326 e. The normalized spacial score (nSPS) is 14.7. The van der Waals surface area contributed by atoms with E-state index in [1.54, 1.807) is 18.2 Å². The molecule has 6 rings (SSSR count). The molecular formula is C35H35ClF2N6O4. The summed E-state index contributed by atoms with van der Waals surface area (Å²) < 4.78 is 40.8. The fraction of sp³-hybridized carbons (Fsp3) is 0.314. The van der Waals surface area contributed by atoms with Crippen LogP contribution in [0.3, 0.4) is 0 Å². The van der Waals surface area contributed by atoms with Gasteiger partial charge in [-0.15, -0.1) is 0 Å². The smallest absolute Gasteiger partial charge is 0.326 e. The average Bonchev–Trinajstić information content (AvgIpc) is 3.48. The van der Waals surface area contributed by atoms with Crippen LogP contribution in [0.5, 0.6) is 5.75 Å². The number of nitrogens with one attached hydrogen (secondary N) is 1. The van der Waals surface area contributed by atoms with Crippen molar-refractivity contribution in [1.82, 2.24) is 24.8 Å². The number of furan rings is 1. The van der Waals surface area contributed by atoms with E-state index in [2.05, 4.69) is 37.0 Å². The van der Waals surface area contributed by atoms with Crippen molar-refractivity contribution in [2.24, 2.45) is 0 Å². The van der Waals surface area contributed by atoms with Gasteiger partial charge in [-0.1, -0.05) is 24.6 Å². The molecule has 0 amide bonds. The van der Waals surface area contributed by atoms with Crippen LogP contribution in [-0.2, 0) is 11.2 Å². The molecule has 10 nitrogen and oxygen atoms in total. The van der Waals surface area contributed by atoms with Gasteiger partial charge in [0.25, 0.3) is 0 Å². The molecule has 48 heavy (non-hydrogen) atoms. The second-order valence-electron chi connectivity index (χ2n) is 11.6. The number of nitrogens with zero attached hydrogens (tertiary/aromatic N) is 5. The number of aromatic nitrogens is 3. The zero-order valence-electron chi connectivity index (χ0n) is 26.5. The van der Waals surface area contributed by atoms with Gasteiger partial charge in [-0.25, -0.2) is 23.5 Å². The molecule has 1 saturated heterocycles. The van der Waals surface area contributed by atoms with Crippen molar-refractivity contribution in [3.8, 4) is 28.2 Å². The van der Waals surface area contributed by atoms with Crippen molar-refractivity contribution in [3.05, 3.63) is 89.0 Å². The summed E-state index contributed by atoms with van der Waals surface area (Å²) in [4.78, 5) is 29.9. The van der Waals surface area contributed by atoms with Crippen molar-refractivity contribution in [2.45, 2.75) is 26.3 Å². The van der Waals surface area contributed by atoms with Gasteiger partial charge in [-0.2, -0.15) is 0 Å². The second kappa shape index (κ2) is 14.6. The van der Waals surface area contributed by atoms with Crippen molar-refractivity contribution in [2.75, 3.05) is 51.2 Å². The molecule has 13 heteroatoms. The Kier molecular flexibility index (Phi) is 10.1. The fourth-order valence-corrected chi connectivity index (χ4v) is 6.11. The first-order chi connectivity index (χ1) is 23.2. The number of halogens is 3. The molecule has 0 spiro atoms. The standard InChI is InChI=1S/C35H35ClF2N6O4/c1-3-43-13-15-44(16-14-43)17-18-47-28-11-10-24(21(2)31(28)36)29-30-33(42-27(35(45)46)19-26-25(38)5-4-12-39-26)40-20-41-34(30)48-32(29)22-6-8-23(37)9-7-22/h4-12,20,27H,3,13-19H2,1-2H3,(H,45,46)(H,40,41,42). The minimum Gasteiger partial charge on any atom is -0.491 e. The van der Waals surface area contributed by atoms with Gasteiger partial charge in [-0.05, 0) is 67.1 Å². The SMILES string of the molecule is CCN1CCN(CCOc2ccc(-c3c(-c4ccc(F)cc4)oc4ncnc(NC(Cc5ncccc5F)C(=O)O)c34)c(C)c2Cl)CC1. The maximum atomic E-state index is 14.4. The highest BCUT2D eigenvalue weighted by molar-refractivity contribution is 6.33. The summed E-state index contributed by atoms with van der Waals surface area (Å²) in [5, 5.41) is 13.8. The van der Waals surface area contributed by atoms with E-state index in [0.29, 0.717) is 50.8 Å². The lowest BCUT2D eigenvalue weighted by atomic mass is 9.95. The molecule has 0 bridgehead atoms. The first-order valence-electron chi connectivity index (χ1n) is 15.7. The van der Waals surface area contributed by atoms with Crippen LogP contribution in [0, 0.1) is 18.6 Å². The van der Waals surface area contributed by atoms with E-state index in [0.717, 1.165) is 39.3 Å². The highest BCUT2D eigenvalue weighted by Crippen LogP contribution is 2.46. The lowest BCUT2D eigenvalue weighted by Crippen LogP contribution is -2.47. The lowest BCUT2D eigenvalue weighted by Gasteiger charge is -2.33. The number of fused-ring (bicyclic) bond motifs is 1. The highest BCUT2D eigenvalue weighted by Gasteiger charge is 2.28. The number of carbonyl (C=O) groups is 1. The Balaban J connectivity index is 1.37. The topological polar surface area (TPSA) is 117 Å². The van der Waals surface area contributed by atoms with E-state index in [4.69, 9.17) is 20.8 Å². The number of piperazine rings is 1. The Hall–Kier alpha value is -4.65. The van der Waals surface area contributed by atoms with Gasteiger partial charge in [0.2, 0.25) is 5.71 Å². The number of benzene rings is 2. The molecule has 4 heterocycles. The maximum absolute atomic E-state index is 14.4. The number of ether oxygens (including phenoxy) is 1. The lowest BCUT2D eigenvalue weighted by molar-refractivity contribution is -0.137. The summed E-state index contributed by atoms with van der Waals surface area (Å²) in [6, 6.07) is 10.8. The largest absolute Gasteiger partial charge is 0.491 e. The molecule has 0 radical (unpaired) electrons. The Bertz CT molecular complexity index is 1910. The van der Waals surface area contributed by atoms with Gasteiger partial charge >= 0.3 is 5.97 Å². The number of hydrogen-bond acceptors (Lipinski definition) is 9. The minimum atomic E-state index is -1.30. The van der Waals surface area contributed by atoms with Crippen LogP contribution in [0.4, 0.5) is 14.6 Å². The van der Waals surface area contributed by atoms with Crippen molar-refractivity contribution in [1.29, 1.82) is 0 Å². The molecule has 1 atom stereocenters. The quantitative estimate of drug-likeness (QED) is 0.156. The number of carboxylic acid groups (broad SMARTS) is 1. The monoisotopic (exact) mass is 676 g/mol. The predicted molar refractivity (Wildman–Crippen MR) is 179 cm³/mol. The van der Waals surface area contributed by atoms with Crippen LogP contribution in [0.15, 0.2) is 65.5 Å². The van der Waals surface area contributed by atoms with Crippen LogP contribution in [0.25, 0.3) is 33.6 Å². The number of pyridine rings is 1. The van der Waals surface area contributed by atoms with Crippen molar-refractivity contribution < 1.29 is 27.8 Å². The summed E-state index contributed by atoms with van der Waals surface area (Å²) >= 11 is 6.92. The Labute approximate surface area is 281 Å². The molecule has 3 aromatic heterocycles. The molecule has 2 aromatic carbocycles. The molecule has 5 aromatic rings. The van der Waals surface area contributed by atoms with Crippen LogP contribution >= 0.6 is 11.6 Å². The molecule has 0 saturated carbocycles. The van der Waals surface area contributed by atoms with Crippen molar-refractivity contribution in [3.63, 3.8) is 0 Å². The molecule has 250 valence electrons. The van der Waals surface area contributed by atoms with Gasteiger partial charge in [0.15, 0.2) is 0 Å². The van der Waals surface area contributed by atoms with Crippen molar-refractivity contribution >= 4 is 34.5 Å². The summed E-state index contributed by atoms with van der Waals surface area (Å²) in [6.45, 7) is 10.4. The van der Waals surface area contributed by atoms with Gasteiger partial charge < -0.3 is 24.5 Å². The second-order valence-corrected chi connectivity index (χ2v) is 11.9. The van der Waals surface area contributed by atoms with E-state index in [-0.39, 0.29) is 23.6 Å². The molecule has 0 aliphatic carbocycles. The third kappa shape index (κ3) is 7.10. The predicted octanol–water partition coefficient (Wildman–Crippen LogP) is 6.32. The van der Waals surface area contributed by atoms with E-state index in [1.165, 1.54) is 36.8 Å². The van der Waals surface area contributed by atoms with Gasteiger partial charge in [0.1, 0.15) is 47.9 Å². The number of anilines is 1. The number of carboxylic acids is 1. The Morgan fingerprint density at radius 3 is 2.52 bits per heavy atom. The number of aliphatic carboxylic acids is 1. The van der Waals surface area contributed by atoms with Crippen LogP contribution < -0.4 is 10.1 Å². The van der Waals surface area contributed by atoms with E-state index in [9.17, 15) is 18.7 Å². The van der Waals surface area contributed by atoms with Crippen LogP contribution in [0.1, 0.15) is 18.2 Å². The molecular weight excluding hydrogens is 642 g/mol. The Morgan fingerprint density at radius 1 is 1.06 bits per heavy atom. The summed E-state index contributed by atoms with van der Waals surface area (Å²) in [5.41, 5.74) is 2.56. The highest BCUT2D eigenvalue weighted by atomic mass is 35.5. The zero-order valence-corrected chi connectivity index (χ0v) is 27.3. The van der Waals surface area contributed by atoms with Gasteiger partial charge in [0, 0.05) is 56.5 Å². The first kappa shape index (κ1) is 33.3. The van der Waals surface area contributed by atoms with Crippen LogP contribution in [0.2, 0.25) is 5.02 Å². The summed E-state index contributed by atoms with van der Waals surface area (Å²) in [5.74, 6) is -1.24. The average molecular weight is 677 g/mol. The fourth-order valence-electron chi connectivity index (χ4n) is 5.89. The summed E-state index contributed by atoms with van der Waals surface area (Å²) in [6.07, 6.45) is 2.39. The van der Waals surface area contributed by atoms with Crippen LogP contribution in [-0.4, -0.2) is 87.7 Å². The first-order valence-corrected chi connectivity index (χ1v) is 16.1. The van der Waals surface area contributed by atoms with E-state index < -0.39 is 23.6 Å². The third-order valence-corrected chi connectivity index (χ3v) is 9.10. The molecule has 1 fully saturated rings. The van der Waals surface area contributed by atoms with E-state index >= 15 is 0 Å². The molecule has 2 N–H and O–H groups in total. The van der Waals surface area contributed by atoms with Gasteiger partial charge in [-0.3, -0.25) is 9.88 Å². The molecule has 1 unspecified atom stereocenters. The Morgan fingerprint density at radius 2 is 1.81 bits per heavy atom. The third-order valence-electron chi connectivity index (χ3n) is 8.63. The molecule has 1 aliphatic heterocycles. The zero-order chi connectivity index (χ0) is 33.8. The number of hydrogen-bond donors (Lipinski definition) is 2. The van der Waals surface area contributed by atoms with Gasteiger partial charge in [0.05, 0.1) is 16.1 Å². The van der Waals surface area contributed by atoms with E-state index in [1.807, 2.05) is 13.0 Å². The summed E-state index contributed by atoms with van der Waals surface area (Å²) in [7, 11) is 0. The number of rotatable bonds is 12. The number of likely N-dealkylation sites (N-methyl/N-ethyl adjacent to an activating group) is 1. The minimum absolute atomic E-state index is 0.0106.